The summed E-state index contributed by atoms with van der Waals surface area (Å²) in [6.45, 7) is 12.9. The van der Waals surface area contributed by atoms with E-state index in [0.29, 0.717) is 6.61 Å². The highest BCUT2D eigenvalue weighted by atomic mass is 16.5. The third kappa shape index (κ3) is 5.57. The van der Waals surface area contributed by atoms with Gasteiger partial charge in [0, 0.05) is 6.54 Å². The zero-order valence-corrected chi connectivity index (χ0v) is 15.3. The van der Waals surface area contributed by atoms with E-state index in [4.69, 9.17) is 9.47 Å². The van der Waals surface area contributed by atoms with Gasteiger partial charge >= 0.3 is 0 Å². The molecule has 0 aliphatic carbocycles. The molecule has 0 spiro atoms. The number of hydrogen-bond donors (Lipinski definition) is 0. The second-order valence-corrected chi connectivity index (χ2v) is 6.08. The van der Waals surface area contributed by atoms with Gasteiger partial charge in [0.2, 0.25) is 0 Å². The average molecular weight is 327 g/mol. The Morgan fingerprint density at radius 2 is 1.58 bits per heavy atom. The summed E-state index contributed by atoms with van der Waals surface area (Å²) in [4.78, 5) is 2.35. The van der Waals surface area contributed by atoms with Crippen molar-refractivity contribution in [2.24, 2.45) is 0 Å². The Labute approximate surface area is 146 Å². The van der Waals surface area contributed by atoms with Crippen LogP contribution in [0, 0.1) is 13.8 Å². The summed E-state index contributed by atoms with van der Waals surface area (Å²) in [6.07, 6.45) is 0. The van der Waals surface area contributed by atoms with Crippen molar-refractivity contribution in [1.82, 2.24) is 4.90 Å². The fraction of sp³-hybridized carbons (Fsp3) is 0.429. The molecule has 0 N–H and O–H groups in total. The lowest BCUT2D eigenvalue weighted by atomic mass is 10.1. The second-order valence-electron chi connectivity index (χ2n) is 6.08. The molecule has 3 heteroatoms. The van der Waals surface area contributed by atoms with E-state index < -0.39 is 0 Å². The van der Waals surface area contributed by atoms with Gasteiger partial charge in [0.15, 0.2) is 0 Å². The number of nitrogens with zero attached hydrogens (tertiary/aromatic N) is 1. The van der Waals surface area contributed by atoms with Gasteiger partial charge in [-0.15, -0.1) is 0 Å². The molecule has 0 aromatic heterocycles. The Balaban J connectivity index is 1.81. The molecule has 0 unspecified atom stereocenters. The van der Waals surface area contributed by atoms with Gasteiger partial charge < -0.3 is 14.4 Å². The minimum Gasteiger partial charge on any atom is -0.492 e. The zero-order valence-electron chi connectivity index (χ0n) is 15.3. The van der Waals surface area contributed by atoms with Crippen molar-refractivity contribution < 1.29 is 9.47 Å². The smallest absolute Gasteiger partial charge is 0.122 e. The maximum atomic E-state index is 5.91. The van der Waals surface area contributed by atoms with E-state index >= 15 is 0 Å². The highest BCUT2D eigenvalue weighted by molar-refractivity contribution is 5.36. The van der Waals surface area contributed by atoms with Crippen LogP contribution in [0.5, 0.6) is 11.5 Å². The van der Waals surface area contributed by atoms with Crippen LogP contribution in [0.1, 0.15) is 30.5 Å². The van der Waals surface area contributed by atoms with Gasteiger partial charge in [-0.3, -0.25) is 0 Å². The summed E-state index contributed by atoms with van der Waals surface area (Å²) in [5.41, 5.74) is 3.57. The van der Waals surface area contributed by atoms with Crippen LogP contribution in [0.3, 0.4) is 0 Å². The largest absolute Gasteiger partial charge is 0.492 e. The molecule has 0 fully saturated rings. The molecular formula is C21H29NO2. The number of ether oxygens (including phenoxy) is 2. The van der Waals surface area contributed by atoms with Crippen LogP contribution in [0.15, 0.2) is 42.5 Å². The standard InChI is InChI=1S/C21H29NO2/c1-5-22(6-2)13-14-23-20-10-8-19(9-11-20)16-24-21-12-7-17(3)15-18(21)4/h7-12,15H,5-6,13-14,16H2,1-4H3. The maximum Gasteiger partial charge on any atom is 0.122 e. The van der Waals surface area contributed by atoms with E-state index in [2.05, 4.69) is 56.9 Å². The quantitative estimate of drug-likeness (QED) is 0.672. The lowest BCUT2D eigenvalue weighted by molar-refractivity contribution is 0.222. The molecular weight excluding hydrogens is 298 g/mol. The van der Waals surface area contributed by atoms with Gasteiger partial charge in [0.05, 0.1) is 0 Å². The van der Waals surface area contributed by atoms with E-state index in [1.54, 1.807) is 0 Å². The first-order chi connectivity index (χ1) is 11.6. The molecule has 2 aromatic carbocycles. The molecule has 0 amide bonds. The van der Waals surface area contributed by atoms with Gasteiger partial charge in [0.1, 0.15) is 24.7 Å². The van der Waals surface area contributed by atoms with E-state index in [1.165, 1.54) is 11.1 Å². The lowest BCUT2D eigenvalue weighted by Crippen LogP contribution is -2.27. The normalized spacial score (nSPS) is 10.9. The Morgan fingerprint density at radius 3 is 2.21 bits per heavy atom. The molecule has 0 saturated heterocycles. The number of aryl methyl sites for hydroxylation is 2. The molecule has 2 aromatic rings. The average Bonchev–Trinajstić information content (AvgIpc) is 2.59. The zero-order chi connectivity index (χ0) is 17.4. The summed E-state index contributed by atoms with van der Waals surface area (Å²) in [7, 11) is 0. The molecule has 0 bridgehead atoms. The molecule has 2 rings (SSSR count). The van der Waals surface area contributed by atoms with Crippen LogP contribution in [0.2, 0.25) is 0 Å². The molecule has 130 valence electrons. The summed E-state index contributed by atoms with van der Waals surface area (Å²) in [5, 5.41) is 0. The van der Waals surface area contributed by atoms with Gasteiger partial charge in [-0.2, -0.15) is 0 Å². The van der Waals surface area contributed by atoms with Crippen LogP contribution in [0.4, 0.5) is 0 Å². The van der Waals surface area contributed by atoms with E-state index in [-0.39, 0.29) is 0 Å². The molecule has 24 heavy (non-hydrogen) atoms. The minimum atomic E-state index is 0.573. The van der Waals surface area contributed by atoms with Gasteiger partial charge in [-0.1, -0.05) is 43.7 Å². The van der Waals surface area contributed by atoms with E-state index in [1.807, 2.05) is 18.2 Å². The van der Waals surface area contributed by atoms with Crippen molar-refractivity contribution in [3.8, 4) is 11.5 Å². The van der Waals surface area contributed by atoms with Crippen molar-refractivity contribution in [2.45, 2.75) is 34.3 Å². The first-order valence-corrected chi connectivity index (χ1v) is 8.76. The van der Waals surface area contributed by atoms with Crippen molar-refractivity contribution >= 4 is 0 Å². The molecule has 0 aliphatic heterocycles. The van der Waals surface area contributed by atoms with Gasteiger partial charge in [-0.05, 0) is 56.3 Å². The summed E-state index contributed by atoms with van der Waals surface area (Å²) >= 11 is 0. The number of hydrogen-bond acceptors (Lipinski definition) is 3. The van der Waals surface area contributed by atoms with Crippen molar-refractivity contribution in [1.29, 1.82) is 0 Å². The number of benzene rings is 2. The fourth-order valence-electron chi connectivity index (χ4n) is 2.64. The highest BCUT2D eigenvalue weighted by Crippen LogP contribution is 2.20. The molecule has 0 aliphatic rings. The van der Waals surface area contributed by atoms with Crippen molar-refractivity contribution in [2.75, 3.05) is 26.2 Å². The summed E-state index contributed by atoms with van der Waals surface area (Å²) in [6, 6.07) is 14.4. The highest BCUT2D eigenvalue weighted by Gasteiger charge is 2.02. The number of rotatable bonds is 9. The maximum absolute atomic E-state index is 5.91. The summed E-state index contributed by atoms with van der Waals surface area (Å²) in [5.74, 6) is 1.86. The fourth-order valence-corrected chi connectivity index (χ4v) is 2.64. The molecule has 0 radical (unpaired) electrons. The topological polar surface area (TPSA) is 21.7 Å². The summed E-state index contributed by atoms with van der Waals surface area (Å²) < 4.78 is 11.7. The van der Waals surface area contributed by atoms with E-state index in [9.17, 15) is 0 Å². The first kappa shape index (κ1) is 18.3. The van der Waals surface area contributed by atoms with Crippen LogP contribution in [0.25, 0.3) is 0 Å². The van der Waals surface area contributed by atoms with Gasteiger partial charge in [0.25, 0.3) is 0 Å². The van der Waals surface area contributed by atoms with Crippen LogP contribution >= 0.6 is 0 Å². The Bertz CT molecular complexity index is 618. The Morgan fingerprint density at radius 1 is 0.875 bits per heavy atom. The Kier molecular flexibility index (Phi) is 7.13. The number of likely N-dealkylation sites (N-methyl/N-ethyl adjacent to an activating group) is 1. The van der Waals surface area contributed by atoms with E-state index in [0.717, 1.165) is 43.3 Å². The molecule has 0 heterocycles. The van der Waals surface area contributed by atoms with Crippen molar-refractivity contribution in [3.63, 3.8) is 0 Å². The lowest BCUT2D eigenvalue weighted by Gasteiger charge is -2.18. The van der Waals surface area contributed by atoms with Crippen molar-refractivity contribution in [3.05, 3.63) is 59.2 Å². The van der Waals surface area contributed by atoms with Gasteiger partial charge in [-0.25, -0.2) is 0 Å². The monoisotopic (exact) mass is 327 g/mol. The first-order valence-electron chi connectivity index (χ1n) is 8.76. The molecule has 0 atom stereocenters. The minimum absolute atomic E-state index is 0.573. The second kappa shape index (κ2) is 9.33. The van der Waals surface area contributed by atoms with Crippen LogP contribution in [-0.4, -0.2) is 31.1 Å². The third-order valence-corrected chi connectivity index (χ3v) is 4.22. The van der Waals surface area contributed by atoms with Crippen LogP contribution in [-0.2, 0) is 6.61 Å². The molecule has 0 saturated carbocycles. The van der Waals surface area contributed by atoms with Crippen LogP contribution < -0.4 is 9.47 Å². The SMILES string of the molecule is CCN(CC)CCOc1ccc(COc2ccc(C)cc2C)cc1. The predicted octanol–water partition coefficient (Wildman–Crippen LogP) is 4.60. The Hall–Kier alpha value is -2.00. The molecule has 3 nitrogen and oxygen atoms in total. The predicted molar refractivity (Wildman–Crippen MR) is 100.0 cm³/mol. The third-order valence-electron chi connectivity index (χ3n) is 4.22.